The quantitative estimate of drug-likeness (QED) is 0.148. The molecule has 0 N–H and O–H groups in total. The Morgan fingerprint density at radius 1 is 0.221 bits per heavy atom. The fraction of sp³-hybridized carbons (Fsp3) is 0. The molecule has 0 fully saturated rings. The number of hydrogen-bond donors (Lipinski definition) is 0. The molecule has 10 nitrogen and oxygen atoms in total. The highest BCUT2D eigenvalue weighted by atomic mass is 15.1. The van der Waals surface area contributed by atoms with E-state index < -0.39 is 0 Å². The van der Waals surface area contributed by atoms with Crippen LogP contribution in [-0.2, 0) is 0 Å². The summed E-state index contributed by atoms with van der Waals surface area (Å²) in [6.45, 7) is 0. The Morgan fingerprint density at radius 3 is 0.882 bits per heavy atom. The van der Waals surface area contributed by atoms with Crippen LogP contribution in [0.2, 0.25) is 0 Å². The first-order valence-electron chi connectivity index (χ1n) is 22.4. The minimum atomic E-state index is 0.491. The second kappa shape index (κ2) is 16.2. The molecule has 0 amide bonds. The van der Waals surface area contributed by atoms with Crippen LogP contribution in [0.4, 0.5) is 0 Å². The number of benzene rings is 7. The number of para-hydroxylation sites is 2. The maximum absolute atomic E-state index is 5.32. The third kappa shape index (κ3) is 6.74. The molecule has 13 aromatic rings. The molecular weight excluding hydrogens is 837 g/mol. The number of nitrogens with zero attached hydrogens (tertiary/aromatic N) is 10. The number of hydrogen-bond acceptors (Lipinski definition) is 8. The molecule has 10 heteroatoms. The van der Waals surface area contributed by atoms with E-state index >= 15 is 0 Å². The van der Waals surface area contributed by atoms with Crippen LogP contribution in [0.5, 0.6) is 0 Å². The van der Waals surface area contributed by atoms with Crippen molar-refractivity contribution in [2.45, 2.75) is 0 Å². The summed E-state index contributed by atoms with van der Waals surface area (Å²) in [6.07, 6.45) is 0. The van der Waals surface area contributed by atoms with Crippen molar-refractivity contribution >= 4 is 43.6 Å². The van der Waals surface area contributed by atoms with Crippen molar-refractivity contribution < 1.29 is 0 Å². The maximum atomic E-state index is 5.32. The van der Waals surface area contributed by atoms with Crippen molar-refractivity contribution in [1.29, 1.82) is 0 Å². The fourth-order valence-electron chi connectivity index (χ4n) is 9.12. The lowest BCUT2D eigenvalue weighted by Crippen LogP contribution is -2.03. The predicted molar refractivity (Wildman–Crippen MR) is 270 cm³/mol. The third-order valence-corrected chi connectivity index (χ3v) is 12.3. The second-order valence-corrected chi connectivity index (χ2v) is 16.4. The van der Waals surface area contributed by atoms with E-state index in [1.54, 1.807) is 0 Å². The molecule has 0 saturated heterocycles. The van der Waals surface area contributed by atoms with E-state index in [0.29, 0.717) is 46.3 Å². The van der Waals surface area contributed by atoms with Gasteiger partial charge in [0, 0.05) is 43.8 Å². The first-order chi connectivity index (χ1) is 33.7. The predicted octanol–water partition coefficient (Wildman–Crippen LogP) is 13.0. The Bertz CT molecular complexity index is 3640. The summed E-state index contributed by atoms with van der Waals surface area (Å²) in [7, 11) is 0. The molecule has 0 aliphatic heterocycles. The molecule has 6 heterocycles. The van der Waals surface area contributed by atoms with Gasteiger partial charge in [-0.15, -0.1) is 0 Å². The van der Waals surface area contributed by atoms with Crippen LogP contribution >= 0.6 is 0 Å². The molecule has 7 aromatic carbocycles. The molecule has 0 aliphatic rings. The summed E-state index contributed by atoms with van der Waals surface area (Å²) in [4.78, 5) is 40.5. The fourth-order valence-corrected chi connectivity index (χ4v) is 9.12. The van der Waals surface area contributed by atoms with Crippen LogP contribution in [0.25, 0.3) is 124 Å². The van der Waals surface area contributed by atoms with Crippen molar-refractivity contribution in [2.24, 2.45) is 0 Å². The molecule has 0 aliphatic carbocycles. The molecule has 0 bridgehead atoms. The van der Waals surface area contributed by atoms with Crippen LogP contribution in [0.3, 0.4) is 0 Å². The molecule has 0 saturated carbocycles. The van der Waals surface area contributed by atoms with Gasteiger partial charge in [-0.25, -0.2) is 39.9 Å². The third-order valence-electron chi connectivity index (χ3n) is 12.3. The standard InChI is InChI=1S/C58H36N10/c1-5-19-37(20-6-1)53-61-54(38-21-7-2-8-22-38)64-57(63-53)45-29-17-33-51(59-45)67-47-31-15-13-27-41(47)43-36-50-44(35-49(43)67)42-28-14-16-32-48(42)68(50)52-34-18-30-46(60-52)58-65-55(39-23-9-3-10-24-39)62-56(66-58)40-25-11-4-12-26-40/h1-36H. The number of rotatable bonds is 8. The Morgan fingerprint density at radius 2 is 0.529 bits per heavy atom. The molecule has 13 rings (SSSR count). The lowest BCUT2D eigenvalue weighted by molar-refractivity contribution is 1.03. The lowest BCUT2D eigenvalue weighted by Gasteiger charge is -2.11. The smallest absolute Gasteiger partial charge is 0.182 e. The summed E-state index contributed by atoms with van der Waals surface area (Å²) in [5.74, 6) is 4.81. The average molecular weight is 873 g/mol. The lowest BCUT2D eigenvalue weighted by atomic mass is 10.1. The van der Waals surface area contributed by atoms with Crippen molar-refractivity contribution in [1.82, 2.24) is 49.0 Å². The van der Waals surface area contributed by atoms with Crippen LogP contribution in [0, 0.1) is 0 Å². The van der Waals surface area contributed by atoms with E-state index in [-0.39, 0.29) is 0 Å². The van der Waals surface area contributed by atoms with Gasteiger partial charge < -0.3 is 0 Å². The van der Waals surface area contributed by atoms with Crippen molar-refractivity contribution in [2.75, 3.05) is 0 Å². The molecule has 0 spiro atoms. The van der Waals surface area contributed by atoms with Crippen molar-refractivity contribution in [3.63, 3.8) is 0 Å². The zero-order chi connectivity index (χ0) is 45.0. The van der Waals surface area contributed by atoms with Gasteiger partial charge in [-0.1, -0.05) is 170 Å². The van der Waals surface area contributed by atoms with Gasteiger partial charge in [0.25, 0.3) is 0 Å². The number of aromatic nitrogens is 10. The Labute approximate surface area is 389 Å². The Kier molecular flexibility index (Phi) is 9.24. The Hall–Kier alpha value is -9.54. The van der Waals surface area contributed by atoms with Gasteiger partial charge in [0.05, 0.1) is 22.1 Å². The summed E-state index contributed by atoms with van der Waals surface area (Å²) < 4.78 is 4.48. The van der Waals surface area contributed by atoms with Crippen molar-refractivity contribution in [3.05, 3.63) is 218 Å². The zero-order valence-corrected chi connectivity index (χ0v) is 36.3. The first kappa shape index (κ1) is 38.9. The van der Waals surface area contributed by atoms with E-state index in [0.717, 1.165) is 77.5 Å². The molecule has 0 unspecified atom stereocenters. The molecule has 318 valence electrons. The summed E-state index contributed by atoms with van der Waals surface area (Å²) in [5.41, 5.74) is 8.97. The van der Waals surface area contributed by atoms with Gasteiger partial charge in [-0.3, -0.25) is 9.13 Å². The van der Waals surface area contributed by atoms with Gasteiger partial charge in [-0.05, 0) is 48.5 Å². The minimum Gasteiger partial charge on any atom is -0.294 e. The summed E-state index contributed by atoms with van der Waals surface area (Å²) in [5, 5.41) is 4.35. The Balaban J connectivity index is 0.979. The normalized spacial score (nSPS) is 11.5. The highest BCUT2D eigenvalue weighted by molar-refractivity contribution is 6.19. The SMILES string of the molecule is c1ccc(-c2nc(-c3ccccc3)nc(-c3cccc(-n4c5ccccc5c5cc6c(cc54)c4ccccc4n6-c4cccc(-c5nc(-c6ccccc6)nc(-c6ccccc6)n5)n4)n3)n2)cc1. The van der Waals surface area contributed by atoms with Gasteiger partial charge in [0.1, 0.15) is 23.0 Å². The van der Waals surface area contributed by atoms with E-state index in [9.17, 15) is 0 Å². The number of fused-ring (bicyclic) bond motifs is 6. The summed E-state index contributed by atoms with van der Waals surface area (Å²) in [6, 6.07) is 73.6. The van der Waals surface area contributed by atoms with E-state index in [4.69, 9.17) is 39.9 Å². The van der Waals surface area contributed by atoms with Gasteiger partial charge in [0.2, 0.25) is 0 Å². The van der Waals surface area contributed by atoms with Gasteiger partial charge in [-0.2, -0.15) is 0 Å². The second-order valence-electron chi connectivity index (χ2n) is 16.4. The maximum Gasteiger partial charge on any atom is 0.182 e. The largest absolute Gasteiger partial charge is 0.294 e. The average Bonchev–Trinajstić information content (AvgIpc) is 3.93. The minimum absolute atomic E-state index is 0.491. The van der Waals surface area contributed by atoms with E-state index in [2.05, 4.69) is 69.8 Å². The molecular formula is C58H36N10. The topological polar surface area (TPSA) is 113 Å². The van der Waals surface area contributed by atoms with Crippen molar-refractivity contribution in [3.8, 4) is 80.2 Å². The van der Waals surface area contributed by atoms with E-state index in [1.165, 1.54) is 0 Å². The summed E-state index contributed by atoms with van der Waals surface area (Å²) >= 11 is 0. The molecule has 6 aromatic heterocycles. The van der Waals surface area contributed by atoms with Crippen LogP contribution in [-0.4, -0.2) is 49.0 Å². The first-order valence-corrected chi connectivity index (χ1v) is 22.4. The molecule has 0 atom stereocenters. The van der Waals surface area contributed by atoms with Gasteiger partial charge in [0.15, 0.2) is 34.9 Å². The van der Waals surface area contributed by atoms with Crippen LogP contribution < -0.4 is 0 Å². The highest BCUT2D eigenvalue weighted by Gasteiger charge is 2.21. The zero-order valence-electron chi connectivity index (χ0n) is 36.3. The molecule has 68 heavy (non-hydrogen) atoms. The molecule has 0 radical (unpaired) electrons. The highest BCUT2D eigenvalue weighted by Crippen LogP contribution is 2.40. The monoisotopic (exact) mass is 872 g/mol. The van der Waals surface area contributed by atoms with Crippen LogP contribution in [0.1, 0.15) is 0 Å². The van der Waals surface area contributed by atoms with Gasteiger partial charge >= 0.3 is 0 Å². The van der Waals surface area contributed by atoms with Crippen LogP contribution in [0.15, 0.2) is 218 Å². The van der Waals surface area contributed by atoms with E-state index in [1.807, 2.05) is 158 Å². The number of pyridine rings is 2.